The van der Waals surface area contributed by atoms with Gasteiger partial charge in [0, 0.05) is 17.8 Å². The smallest absolute Gasteiger partial charge is 0.147 e. The number of fused-ring (bicyclic) bond motifs is 1. The maximum atomic E-state index is 14.3. The summed E-state index contributed by atoms with van der Waals surface area (Å²) in [6.45, 7) is 2.79. The summed E-state index contributed by atoms with van der Waals surface area (Å²) in [6.07, 6.45) is 1.01. The first-order valence-electron chi connectivity index (χ1n) is 6.94. The molecule has 0 bridgehead atoms. The van der Waals surface area contributed by atoms with Gasteiger partial charge in [-0.1, -0.05) is 37.3 Å². The molecule has 0 saturated heterocycles. The minimum atomic E-state index is -0.277. The summed E-state index contributed by atoms with van der Waals surface area (Å²) >= 11 is 0. The number of rotatable bonds is 2. The predicted octanol–water partition coefficient (Wildman–Crippen LogP) is 3.65. The summed E-state index contributed by atoms with van der Waals surface area (Å²) < 4.78 is 14.3. The van der Waals surface area contributed by atoms with Crippen LogP contribution in [0.5, 0.6) is 0 Å². The summed E-state index contributed by atoms with van der Waals surface area (Å²) in [5.74, 6) is 0.177. The summed E-state index contributed by atoms with van der Waals surface area (Å²) in [5, 5.41) is 9.49. The van der Waals surface area contributed by atoms with Crippen molar-refractivity contribution in [2.75, 3.05) is 11.4 Å². The Kier molecular flexibility index (Phi) is 3.45. The van der Waals surface area contributed by atoms with Crippen LogP contribution in [0.2, 0.25) is 0 Å². The standard InChI is InChI=1S/C17H18FNO/c1-12-9-13-5-2-3-8-16(13)19(10-12)17-14(11-20)6-4-7-15(17)18/h2-8,12,20H,9-11H2,1H3. The normalized spacial score (nSPS) is 17.9. The van der Waals surface area contributed by atoms with Gasteiger partial charge in [-0.25, -0.2) is 4.39 Å². The Hall–Kier alpha value is -1.87. The van der Waals surface area contributed by atoms with Crippen molar-refractivity contribution in [1.82, 2.24) is 0 Å². The quantitative estimate of drug-likeness (QED) is 0.901. The fourth-order valence-corrected chi connectivity index (χ4v) is 3.00. The Bertz CT molecular complexity index is 626. The SMILES string of the molecule is CC1Cc2ccccc2N(c2c(F)cccc2CO)C1. The van der Waals surface area contributed by atoms with Gasteiger partial charge in [-0.05, 0) is 30.0 Å². The molecule has 2 aromatic carbocycles. The van der Waals surface area contributed by atoms with E-state index in [0.717, 1.165) is 18.7 Å². The molecule has 1 N–H and O–H groups in total. The molecule has 0 amide bonds. The molecular weight excluding hydrogens is 253 g/mol. The maximum absolute atomic E-state index is 14.3. The van der Waals surface area contributed by atoms with Crippen molar-refractivity contribution in [2.24, 2.45) is 5.92 Å². The summed E-state index contributed by atoms with van der Waals surface area (Å²) in [5.41, 5.74) is 3.42. The number of anilines is 2. The molecule has 3 heteroatoms. The van der Waals surface area contributed by atoms with Crippen LogP contribution in [0.15, 0.2) is 42.5 Å². The van der Waals surface area contributed by atoms with Gasteiger partial charge in [0.1, 0.15) is 5.82 Å². The van der Waals surface area contributed by atoms with Gasteiger partial charge in [0.05, 0.1) is 12.3 Å². The Balaban J connectivity index is 2.16. The minimum Gasteiger partial charge on any atom is -0.392 e. The number of benzene rings is 2. The molecule has 1 aliphatic rings. The molecule has 2 aromatic rings. The molecule has 0 spiro atoms. The highest BCUT2D eigenvalue weighted by atomic mass is 19.1. The Morgan fingerprint density at radius 1 is 1.20 bits per heavy atom. The first-order chi connectivity index (χ1) is 9.70. The van der Waals surface area contributed by atoms with Gasteiger partial charge >= 0.3 is 0 Å². The van der Waals surface area contributed by atoms with Crippen LogP contribution in [-0.4, -0.2) is 11.7 Å². The van der Waals surface area contributed by atoms with Crippen LogP contribution in [-0.2, 0) is 13.0 Å². The molecule has 104 valence electrons. The fourth-order valence-electron chi connectivity index (χ4n) is 3.00. The third kappa shape index (κ3) is 2.18. The molecular formula is C17H18FNO. The van der Waals surface area contributed by atoms with Gasteiger partial charge in [-0.2, -0.15) is 0 Å². The number of para-hydroxylation sites is 2. The van der Waals surface area contributed by atoms with E-state index in [2.05, 4.69) is 13.0 Å². The first kappa shape index (κ1) is 13.1. The lowest BCUT2D eigenvalue weighted by Crippen LogP contribution is -2.31. The minimum absolute atomic E-state index is 0.153. The second kappa shape index (κ2) is 5.25. The van der Waals surface area contributed by atoms with E-state index in [1.54, 1.807) is 12.1 Å². The second-order valence-corrected chi connectivity index (χ2v) is 5.45. The molecule has 1 aliphatic heterocycles. The van der Waals surface area contributed by atoms with Crippen molar-refractivity contribution in [3.05, 3.63) is 59.4 Å². The van der Waals surface area contributed by atoms with Crippen molar-refractivity contribution >= 4 is 11.4 Å². The lowest BCUT2D eigenvalue weighted by molar-refractivity contribution is 0.281. The molecule has 0 saturated carbocycles. The van der Waals surface area contributed by atoms with Gasteiger partial charge in [-0.15, -0.1) is 0 Å². The first-order valence-corrected chi connectivity index (χ1v) is 6.94. The van der Waals surface area contributed by atoms with E-state index in [-0.39, 0.29) is 12.4 Å². The highest BCUT2D eigenvalue weighted by molar-refractivity contribution is 5.70. The largest absolute Gasteiger partial charge is 0.392 e. The van der Waals surface area contributed by atoms with Crippen molar-refractivity contribution in [3.63, 3.8) is 0 Å². The third-order valence-corrected chi connectivity index (χ3v) is 3.86. The molecule has 1 heterocycles. The number of nitrogens with zero attached hydrogens (tertiary/aromatic N) is 1. The number of aliphatic hydroxyl groups is 1. The van der Waals surface area contributed by atoms with Crippen molar-refractivity contribution in [3.8, 4) is 0 Å². The monoisotopic (exact) mass is 271 g/mol. The Labute approximate surface area is 118 Å². The van der Waals surface area contributed by atoms with E-state index in [1.165, 1.54) is 11.6 Å². The highest BCUT2D eigenvalue weighted by Gasteiger charge is 2.25. The molecule has 0 radical (unpaired) electrons. The molecule has 3 rings (SSSR count). The second-order valence-electron chi connectivity index (χ2n) is 5.45. The van der Waals surface area contributed by atoms with Gasteiger partial charge in [0.15, 0.2) is 0 Å². The van der Waals surface area contributed by atoms with Gasteiger partial charge < -0.3 is 10.0 Å². The number of halogens is 1. The van der Waals surface area contributed by atoms with Crippen LogP contribution >= 0.6 is 0 Å². The number of aliphatic hydroxyl groups excluding tert-OH is 1. The van der Waals surface area contributed by atoms with Crippen molar-refractivity contribution < 1.29 is 9.50 Å². The van der Waals surface area contributed by atoms with E-state index in [0.29, 0.717) is 17.2 Å². The topological polar surface area (TPSA) is 23.5 Å². The molecule has 2 nitrogen and oxygen atoms in total. The zero-order chi connectivity index (χ0) is 14.1. The van der Waals surface area contributed by atoms with Crippen LogP contribution in [0.1, 0.15) is 18.1 Å². The Morgan fingerprint density at radius 3 is 2.80 bits per heavy atom. The van der Waals surface area contributed by atoms with Crippen LogP contribution in [0.4, 0.5) is 15.8 Å². The lowest BCUT2D eigenvalue weighted by Gasteiger charge is -2.36. The molecule has 0 fully saturated rings. The summed E-state index contributed by atoms with van der Waals surface area (Å²) in [7, 11) is 0. The number of hydrogen-bond acceptors (Lipinski definition) is 2. The number of hydrogen-bond donors (Lipinski definition) is 1. The highest BCUT2D eigenvalue weighted by Crippen LogP contribution is 2.38. The zero-order valence-corrected chi connectivity index (χ0v) is 11.5. The van der Waals surface area contributed by atoms with Crippen LogP contribution in [0.25, 0.3) is 0 Å². The third-order valence-electron chi connectivity index (χ3n) is 3.86. The fraction of sp³-hybridized carbons (Fsp3) is 0.294. The molecule has 0 aromatic heterocycles. The average molecular weight is 271 g/mol. The van der Waals surface area contributed by atoms with E-state index in [1.807, 2.05) is 23.1 Å². The molecule has 0 aliphatic carbocycles. The van der Waals surface area contributed by atoms with Crippen molar-refractivity contribution in [1.29, 1.82) is 0 Å². The predicted molar refractivity (Wildman–Crippen MR) is 78.6 cm³/mol. The zero-order valence-electron chi connectivity index (χ0n) is 11.5. The lowest BCUT2D eigenvalue weighted by atomic mass is 9.93. The molecule has 20 heavy (non-hydrogen) atoms. The summed E-state index contributed by atoms with van der Waals surface area (Å²) in [6, 6.07) is 13.0. The average Bonchev–Trinajstić information content (AvgIpc) is 2.46. The van der Waals surface area contributed by atoms with E-state index in [9.17, 15) is 9.50 Å². The van der Waals surface area contributed by atoms with Crippen LogP contribution in [0.3, 0.4) is 0 Å². The van der Waals surface area contributed by atoms with E-state index >= 15 is 0 Å². The maximum Gasteiger partial charge on any atom is 0.147 e. The van der Waals surface area contributed by atoms with Crippen molar-refractivity contribution in [2.45, 2.75) is 20.0 Å². The molecule has 1 unspecified atom stereocenters. The molecule has 1 atom stereocenters. The van der Waals surface area contributed by atoms with E-state index < -0.39 is 0 Å². The van der Waals surface area contributed by atoms with Gasteiger partial charge in [0.2, 0.25) is 0 Å². The van der Waals surface area contributed by atoms with E-state index in [4.69, 9.17) is 0 Å². The Morgan fingerprint density at radius 2 is 2.00 bits per heavy atom. The van der Waals surface area contributed by atoms with Gasteiger partial charge in [-0.3, -0.25) is 0 Å². The van der Waals surface area contributed by atoms with Gasteiger partial charge in [0.25, 0.3) is 0 Å². The van der Waals surface area contributed by atoms with Crippen LogP contribution in [0, 0.1) is 11.7 Å². The van der Waals surface area contributed by atoms with Crippen LogP contribution < -0.4 is 4.90 Å². The summed E-state index contributed by atoms with van der Waals surface area (Å²) in [4.78, 5) is 2.00.